The van der Waals surface area contributed by atoms with Crippen molar-refractivity contribution >= 4 is 11.6 Å². The molecule has 4 rings (SSSR count). The van der Waals surface area contributed by atoms with Gasteiger partial charge in [-0.05, 0) is 66.4 Å². The zero-order valence-corrected chi connectivity index (χ0v) is 18.6. The van der Waals surface area contributed by atoms with Crippen LogP contribution < -0.4 is 4.74 Å². The van der Waals surface area contributed by atoms with Crippen molar-refractivity contribution in [3.8, 4) is 17.1 Å². The fourth-order valence-corrected chi connectivity index (χ4v) is 3.65. The third kappa shape index (κ3) is 5.57. The maximum Gasteiger partial charge on any atom is 0.213 e. The Kier molecular flexibility index (Phi) is 6.69. The average Bonchev–Trinajstić information content (AvgIpc) is 2.84. The lowest BCUT2D eigenvalue weighted by molar-refractivity contribution is 0.0891. The zero-order valence-electron chi connectivity index (χ0n) is 18.6. The summed E-state index contributed by atoms with van der Waals surface area (Å²) in [6.07, 6.45) is 2.00. The first kappa shape index (κ1) is 22.1. The molecule has 4 aromatic rings. The second-order valence-corrected chi connectivity index (χ2v) is 7.89. The lowest BCUT2D eigenvalue weighted by atomic mass is 9.95. The van der Waals surface area contributed by atoms with Crippen LogP contribution in [0.5, 0.6) is 5.88 Å². The molecule has 0 atom stereocenters. The summed E-state index contributed by atoms with van der Waals surface area (Å²) >= 11 is 0. The van der Waals surface area contributed by atoms with E-state index in [9.17, 15) is 9.59 Å². The van der Waals surface area contributed by atoms with Crippen LogP contribution in [0.3, 0.4) is 0 Å². The van der Waals surface area contributed by atoms with E-state index in [1.165, 1.54) is 0 Å². The quantitative estimate of drug-likeness (QED) is 0.269. The molecule has 0 radical (unpaired) electrons. The predicted molar refractivity (Wildman–Crippen MR) is 128 cm³/mol. The van der Waals surface area contributed by atoms with E-state index in [0.717, 1.165) is 22.3 Å². The normalized spacial score (nSPS) is 10.6. The van der Waals surface area contributed by atoms with Crippen LogP contribution in [0.15, 0.2) is 85.1 Å². The third-order valence-electron chi connectivity index (χ3n) is 5.32. The maximum absolute atomic E-state index is 13.1. The zero-order chi connectivity index (χ0) is 23.2. The highest BCUT2D eigenvalue weighted by Crippen LogP contribution is 2.25. The Bertz CT molecular complexity index is 1300. The molecule has 0 fully saturated rings. The SMILES string of the molecule is COc1cccc(-c2cc(Cc3ccccc3)cc(C(=O)CC(=O)c3cc(C)ccn3)c2)n1. The molecule has 2 aromatic heterocycles. The molecule has 0 unspecified atom stereocenters. The van der Waals surface area contributed by atoms with Gasteiger partial charge in [0.05, 0.1) is 19.2 Å². The Balaban J connectivity index is 1.68. The maximum atomic E-state index is 13.1. The molecule has 2 heterocycles. The van der Waals surface area contributed by atoms with Crippen molar-refractivity contribution in [1.82, 2.24) is 9.97 Å². The smallest absolute Gasteiger partial charge is 0.213 e. The monoisotopic (exact) mass is 436 g/mol. The van der Waals surface area contributed by atoms with Gasteiger partial charge in [0.15, 0.2) is 11.6 Å². The summed E-state index contributed by atoms with van der Waals surface area (Å²) in [4.78, 5) is 34.4. The average molecular weight is 437 g/mol. The van der Waals surface area contributed by atoms with Gasteiger partial charge < -0.3 is 4.74 Å². The van der Waals surface area contributed by atoms with Crippen LogP contribution >= 0.6 is 0 Å². The van der Waals surface area contributed by atoms with Crippen molar-refractivity contribution in [2.75, 3.05) is 7.11 Å². The minimum atomic E-state index is -0.293. The van der Waals surface area contributed by atoms with E-state index in [2.05, 4.69) is 9.97 Å². The van der Waals surface area contributed by atoms with Gasteiger partial charge in [0.25, 0.3) is 0 Å². The number of nitrogens with zero attached hydrogens (tertiary/aromatic N) is 2. The highest BCUT2D eigenvalue weighted by molar-refractivity contribution is 6.13. The fraction of sp³-hybridized carbons (Fsp3) is 0.143. The number of ketones is 2. The summed E-state index contributed by atoms with van der Waals surface area (Å²) < 4.78 is 5.26. The molecule has 0 saturated heterocycles. The number of Topliss-reactive ketones (excluding diaryl/α,β-unsaturated/α-hetero) is 2. The third-order valence-corrected chi connectivity index (χ3v) is 5.32. The first-order valence-electron chi connectivity index (χ1n) is 10.7. The molecule has 5 heteroatoms. The molecule has 0 aliphatic heterocycles. The Labute approximate surface area is 193 Å². The summed E-state index contributed by atoms with van der Waals surface area (Å²) in [7, 11) is 1.57. The highest BCUT2D eigenvalue weighted by Gasteiger charge is 2.17. The van der Waals surface area contributed by atoms with Crippen molar-refractivity contribution in [1.29, 1.82) is 0 Å². The standard InChI is InChI=1S/C28H24N2O3/c1-19-11-12-29-25(13-19)27(32)18-26(31)23-16-21(14-20-7-4-3-5-8-20)15-22(17-23)24-9-6-10-28(30-24)33-2/h3-13,15-17H,14,18H2,1-2H3. The van der Waals surface area contributed by atoms with Gasteiger partial charge in [-0.15, -0.1) is 0 Å². The van der Waals surface area contributed by atoms with Crippen LogP contribution in [0.4, 0.5) is 0 Å². The number of carbonyl (C=O) groups excluding carboxylic acids is 2. The molecule has 0 spiro atoms. The number of hydrogen-bond acceptors (Lipinski definition) is 5. The number of aromatic nitrogens is 2. The number of carbonyl (C=O) groups is 2. The molecule has 0 bridgehead atoms. The molecule has 164 valence electrons. The van der Waals surface area contributed by atoms with Crippen LogP contribution in [0.1, 0.15) is 44.0 Å². The van der Waals surface area contributed by atoms with Crippen LogP contribution in [-0.4, -0.2) is 28.6 Å². The molecule has 0 aliphatic rings. The number of benzene rings is 2. The van der Waals surface area contributed by atoms with Crippen molar-refractivity contribution in [3.05, 3.63) is 113 Å². The first-order chi connectivity index (χ1) is 16.0. The lowest BCUT2D eigenvalue weighted by Gasteiger charge is -2.11. The Morgan fingerprint density at radius 3 is 2.42 bits per heavy atom. The van der Waals surface area contributed by atoms with E-state index in [1.807, 2.05) is 67.6 Å². The van der Waals surface area contributed by atoms with E-state index >= 15 is 0 Å². The second-order valence-electron chi connectivity index (χ2n) is 7.89. The number of ether oxygens (including phenoxy) is 1. The van der Waals surface area contributed by atoms with Crippen LogP contribution in [0.2, 0.25) is 0 Å². The second kappa shape index (κ2) is 10.0. The molecular formula is C28H24N2O3. The van der Waals surface area contributed by atoms with E-state index < -0.39 is 0 Å². The molecule has 2 aromatic carbocycles. The fourth-order valence-electron chi connectivity index (χ4n) is 3.65. The number of methoxy groups -OCH3 is 1. The largest absolute Gasteiger partial charge is 0.481 e. The number of pyridine rings is 2. The molecule has 33 heavy (non-hydrogen) atoms. The molecule has 0 N–H and O–H groups in total. The summed E-state index contributed by atoms with van der Waals surface area (Å²) in [6.45, 7) is 1.89. The lowest BCUT2D eigenvalue weighted by Crippen LogP contribution is -2.11. The van der Waals surface area contributed by atoms with Gasteiger partial charge in [-0.25, -0.2) is 4.98 Å². The molecule has 0 saturated carbocycles. The van der Waals surface area contributed by atoms with Gasteiger partial charge in [0.1, 0.15) is 5.69 Å². The van der Waals surface area contributed by atoms with Gasteiger partial charge in [-0.2, -0.15) is 0 Å². The first-order valence-corrected chi connectivity index (χ1v) is 10.7. The van der Waals surface area contributed by atoms with E-state index in [4.69, 9.17) is 4.74 Å². The number of hydrogen-bond donors (Lipinski definition) is 0. The van der Waals surface area contributed by atoms with Crippen molar-refractivity contribution in [2.24, 2.45) is 0 Å². The summed E-state index contributed by atoms with van der Waals surface area (Å²) in [6, 6.07) is 24.7. The molecule has 0 amide bonds. The minimum absolute atomic E-state index is 0.240. The Hall–Kier alpha value is -4.12. The summed E-state index contributed by atoms with van der Waals surface area (Å²) in [5, 5.41) is 0. The van der Waals surface area contributed by atoms with Gasteiger partial charge >= 0.3 is 0 Å². The predicted octanol–water partition coefficient (Wildman–Crippen LogP) is 5.51. The van der Waals surface area contributed by atoms with Crippen molar-refractivity contribution in [3.63, 3.8) is 0 Å². The molecule has 0 aliphatic carbocycles. The summed E-state index contributed by atoms with van der Waals surface area (Å²) in [5.74, 6) is -0.0462. The van der Waals surface area contributed by atoms with Crippen molar-refractivity contribution < 1.29 is 14.3 Å². The highest BCUT2D eigenvalue weighted by atomic mass is 16.5. The van der Waals surface area contributed by atoms with Crippen molar-refractivity contribution in [2.45, 2.75) is 19.8 Å². The Morgan fingerprint density at radius 1 is 0.848 bits per heavy atom. The van der Waals surface area contributed by atoms with Crippen LogP contribution in [-0.2, 0) is 6.42 Å². The molecule has 5 nitrogen and oxygen atoms in total. The van der Waals surface area contributed by atoms with E-state index in [0.29, 0.717) is 29.3 Å². The van der Waals surface area contributed by atoms with Gasteiger partial charge in [-0.1, -0.05) is 36.4 Å². The van der Waals surface area contributed by atoms with Gasteiger partial charge in [0, 0.05) is 23.4 Å². The molecular weight excluding hydrogens is 412 g/mol. The number of aryl methyl sites for hydroxylation is 1. The summed E-state index contributed by atoms with van der Waals surface area (Å²) in [5.41, 5.74) is 5.30. The van der Waals surface area contributed by atoms with Gasteiger partial charge in [0.2, 0.25) is 5.88 Å². The van der Waals surface area contributed by atoms with E-state index in [1.54, 1.807) is 31.5 Å². The number of rotatable bonds is 8. The van der Waals surface area contributed by atoms with Gasteiger partial charge in [-0.3, -0.25) is 14.6 Å². The van der Waals surface area contributed by atoms with Crippen LogP contribution in [0.25, 0.3) is 11.3 Å². The topological polar surface area (TPSA) is 69.2 Å². The van der Waals surface area contributed by atoms with Crippen LogP contribution in [0, 0.1) is 6.92 Å². The minimum Gasteiger partial charge on any atom is -0.481 e. The van der Waals surface area contributed by atoms with E-state index in [-0.39, 0.29) is 18.0 Å². The Morgan fingerprint density at radius 2 is 1.67 bits per heavy atom.